The van der Waals surface area contributed by atoms with Crippen LogP contribution in [0.15, 0.2) is 12.5 Å². The number of anilines is 2. The van der Waals surface area contributed by atoms with Gasteiger partial charge >= 0.3 is 0 Å². The van der Waals surface area contributed by atoms with Crippen LogP contribution in [0.2, 0.25) is 0 Å². The summed E-state index contributed by atoms with van der Waals surface area (Å²) in [6.07, 6.45) is 7.45. The Labute approximate surface area is 146 Å². The molecule has 2 saturated heterocycles. The zero-order chi connectivity index (χ0) is 16.1. The van der Waals surface area contributed by atoms with Gasteiger partial charge in [-0.05, 0) is 19.8 Å². The summed E-state index contributed by atoms with van der Waals surface area (Å²) >= 11 is 1.59. The second kappa shape index (κ2) is 5.65. The highest BCUT2D eigenvalue weighted by molar-refractivity contribution is 7.09. The number of hydrogen-bond donors (Lipinski definition) is 0. The number of aromatic nitrogens is 4. The van der Waals surface area contributed by atoms with Crippen LogP contribution in [0.1, 0.15) is 36.6 Å². The molecule has 0 radical (unpaired) electrons. The summed E-state index contributed by atoms with van der Waals surface area (Å²) in [5, 5.41) is 1.14. The third-order valence-electron chi connectivity index (χ3n) is 5.83. The number of fused-ring (bicyclic) bond motifs is 1. The van der Waals surface area contributed by atoms with E-state index < -0.39 is 0 Å². The molecule has 0 aromatic carbocycles. The molecule has 2 unspecified atom stereocenters. The lowest BCUT2D eigenvalue weighted by Gasteiger charge is -2.23. The van der Waals surface area contributed by atoms with Crippen LogP contribution in [0.3, 0.4) is 0 Å². The van der Waals surface area contributed by atoms with Gasteiger partial charge in [0.2, 0.25) is 5.13 Å². The van der Waals surface area contributed by atoms with Gasteiger partial charge in [0.15, 0.2) is 0 Å². The van der Waals surface area contributed by atoms with Gasteiger partial charge in [-0.3, -0.25) is 0 Å². The van der Waals surface area contributed by atoms with Gasteiger partial charge < -0.3 is 9.80 Å². The summed E-state index contributed by atoms with van der Waals surface area (Å²) in [4.78, 5) is 18.3. The molecule has 3 aliphatic rings. The van der Waals surface area contributed by atoms with Gasteiger partial charge in [-0.15, -0.1) is 0 Å². The maximum Gasteiger partial charge on any atom is 0.205 e. The molecule has 1 saturated carbocycles. The molecule has 1 aliphatic carbocycles. The highest BCUT2D eigenvalue weighted by Crippen LogP contribution is 2.39. The van der Waals surface area contributed by atoms with Crippen molar-refractivity contribution >= 4 is 22.5 Å². The van der Waals surface area contributed by atoms with Gasteiger partial charge in [0.25, 0.3) is 0 Å². The summed E-state index contributed by atoms with van der Waals surface area (Å²) in [7, 11) is 0. The van der Waals surface area contributed by atoms with Crippen LogP contribution in [-0.2, 0) is 0 Å². The Morgan fingerprint density at radius 3 is 2.50 bits per heavy atom. The fourth-order valence-corrected chi connectivity index (χ4v) is 5.00. The maximum atomic E-state index is 4.83. The van der Waals surface area contributed by atoms with Gasteiger partial charge in [-0.1, -0.05) is 6.42 Å². The molecule has 5 rings (SSSR count). The lowest BCUT2D eigenvalue weighted by molar-refractivity contribution is 0.405. The quantitative estimate of drug-likeness (QED) is 0.854. The second-order valence-electron chi connectivity index (χ2n) is 7.42. The Kier molecular flexibility index (Phi) is 3.43. The van der Waals surface area contributed by atoms with Crippen molar-refractivity contribution in [3.05, 3.63) is 23.9 Å². The van der Waals surface area contributed by atoms with Gasteiger partial charge in [-0.25, -0.2) is 15.0 Å². The molecule has 2 aromatic heterocycles. The van der Waals surface area contributed by atoms with E-state index in [9.17, 15) is 0 Å². The smallest absolute Gasteiger partial charge is 0.205 e. The minimum absolute atomic E-state index is 0.633. The largest absolute Gasteiger partial charge is 0.356 e. The lowest BCUT2D eigenvalue weighted by atomic mass is 9.85. The highest BCUT2D eigenvalue weighted by Gasteiger charge is 2.41. The lowest BCUT2D eigenvalue weighted by Crippen LogP contribution is -2.29. The topological polar surface area (TPSA) is 58.0 Å². The Morgan fingerprint density at radius 2 is 1.83 bits per heavy atom. The average molecular weight is 342 g/mol. The van der Waals surface area contributed by atoms with Crippen LogP contribution < -0.4 is 9.80 Å². The molecule has 6 nitrogen and oxygen atoms in total. The van der Waals surface area contributed by atoms with Crippen molar-refractivity contribution < 1.29 is 0 Å². The predicted molar refractivity (Wildman–Crippen MR) is 94.7 cm³/mol. The van der Waals surface area contributed by atoms with Crippen LogP contribution in [0.5, 0.6) is 0 Å². The maximum absolute atomic E-state index is 4.83. The van der Waals surface area contributed by atoms with E-state index in [-0.39, 0.29) is 0 Å². The van der Waals surface area contributed by atoms with E-state index in [4.69, 9.17) is 4.98 Å². The third kappa shape index (κ3) is 2.37. The van der Waals surface area contributed by atoms with E-state index in [1.165, 1.54) is 24.8 Å². The molecule has 2 aromatic rings. The van der Waals surface area contributed by atoms with Crippen LogP contribution >= 0.6 is 11.5 Å². The van der Waals surface area contributed by atoms with Crippen molar-refractivity contribution in [1.82, 2.24) is 19.3 Å². The van der Waals surface area contributed by atoms with E-state index in [0.717, 1.165) is 43.0 Å². The van der Waals surface area contributed by atoms with Crippen molar-refractivity contribution in [2.24, 2.45) is 11.8 Å². The molecule has 0 N–H and O–H groups in total. The first kappa shape index (κ1) is 14.6. The molecule has 0 spiro atoms. The van der Waals surface area contributed by atoms with E-state index in [1.54, 1.807) is 17.9 Å². The molecule has 7 heteroatoms. The molecule has 0 bridgehead atoms. The van der Waals surface area contributed by atoms with E-state index in [2.05, 4.69) is 31.1 Å². The van der Waals surface area contributed by atoms with Crippen LogP contribution in [0.25, 0.3) is 0 Å². The minimum Gasteiger partial charge on any atom is -0.356 e. The van der Waals surface area contributed by atoms with Gasteiger partial charge in [0.05, 0.1) is 0 Å². The number of hydrogen-bond acceptors (Lipinski definition) is 7. The molecule has 0 amide bonds. The van der Waals surface area contributed by atoms with Crippen molar-refractivity contribution in [2.75, 3.05) is 36.0 Å². The Bertz CT molecular complexity index is 728. The molecule has 4 heterocycles. The molecule has 2 atom stereocenters. The molecule has 2 aliphatic heterocycles. The number of aryl methyl sites for hydroxylation is 1. The summed E-state index contributed by atoms with van der Waals surface area (Å²) in [5.74, 6) is 4.24. The SMILES string of the molecule is Cc1cncnc1N1CC2CN(c3nc(C4CCC4)ns3)CC2C1. The normalized spacial score (nSPS) is 26.7. The van der Waals surface area contributed by atoms with Crippen LogP contribution in [0.4, 0.5) is 10.9 Å². The predicted octanol–water partition coefficient (Wildman–Crippen LogP) is 2.48. The number of nitrogens with zero attached hydrogens (tertiary/aromatic N) is 6. The van der Waals surface area contributed by atoms with Crippen LogP contribution in [0, 0.1) is 18.8 Å². The molecule has 126 valence electrons. The molecule has 3 fully saturated rings. The van der Waals surface area contributed by atoms with Crippen LogP contribution in [-0.4, -0.2) is 45.5 Å². The second-order valence-corrected chi connectivity index (χ2v) is 8.15. The first-order valence-electron chi connectivity index (χ1n) is 8.88. The fraction of sp³-hybridized carbons (Fsp3) is 0.647. The molecule has 24 heavy (non-hydrogen) atoms. The van der Waals surface area contributed by atoms with Gasteiger partial charge in [0, 0.05) is 67.2 Å². The zero-order valence-corrected chi connectivity index (χ0v) is 14.7. The summed E-state index contributed by atoms with van der Waals surface area (Å²) in [6, 6.07) is 0. The van der Waals surface area contributed by atoms with Gasteiger partial charge in [-0.2, -0.15) is 4.37 Å². The standard InChI is InChI=1S/C17H22N6S/c1-11-5-18-10-19-16(11)22-6-13-8-23(9-14(13)7-22)17-20-15(21-24-17)12-3-2-4-12/h5,10,12-14H,2-4,6-9H2,1H3. The molecular formula is C17H22N6S. The highest BCUT2D eigenvalue weighted by atomic mass is 32.1. The van der Waals surface area contributed by atoms with Crippen molar-refractivity contribution in [2.45, 2.75) is 32.1 Å². The zero-order valence-electron chi connectivity index (χ0n) is 13.9. The molecular weight excluding hydrogens is 320 g/mol. The van der Waals surface area contributed by atoms with Crippen molar-refractivity contribution in [1.29, 1.82) is 0 Å². The summed E-state index contributed by atoms with van der Waals surface area (Å²) in [6.45, 7) is 6.48. The van der Waals surface area contributed by atoms with E-state index in [1.807, 2.05) is 6.20 Å². The minimum atomic E-state index is 0.633. The fourth-order valence-electron chi connectivity index (χ4n) is 4.23. The summed E-state index contributed by atoms with van der Waals surface area (Å²) in [5.41, 5.74) is 1.17. The first-order valence-corrected chi connectivity index (χ1v) is 9.65. The van der Waals surface area contributed by atoms with E-state index >= 15 is 0 Å². The Morgan fingerprint density at radius 1 is 1.08 bits per heavy atom. The van der Waals surface area contributed by atoms with Crippen molar-refractivity contribution in [3.63, 3.8) is 0 Å². The van der Waals surface area contributed by atoms with E-state index in [0.29, 0.717) is 17.8 Å². The average Bonchev–Trinajstić information content (AvgIpc) is 3.19. The number of rotatable bonds is 3. The summed E-state index contributed by atoms with van der Waals surface area (Å²) < 4.78 is 4.61. The van der Waals surface area contributed by atoms with Crippen molar-refractivity contribution in [3.8, 4) is 0 Å². The van der Waals surface area contributed by atoms with Gasteiger partial charge in [0.1, 0.15) is 18.0 Å². The Balaban J connectivity index is 1.27. The third-order valence-corrected chi connectivity index (χ3v) is 6.62. The first-order chi connectivity index (χ1) is 11.8. The Hall–Kier alpha value is -1.76. The monoisotopic (exact) mass is 342 g/mol.